The molecule has 1 aromatic heterocycles. The molecule has 0 unspecified atom stereocenters. The summed E-state index contributed by atoms with van der Waals surface area (Å²) < 4.78 is 0. The summed E-state index contributed by atoms with van der Waals surface area (Å²) in [7, 11) is 0. The Morgan fingerprint density at radius 1 is 1.73 bits per heavy atom. The lowest BCUT2D eigenvalue weighted by Gasteiger charge is -1.94. The molecule has 0 spiro atoms. The summed E-state index contributed by atoms with van der Waals surface area (Å²) in [5.74, 6) is 0. The first-order valence-corrected chi connectivity index (χ1v) is 4.35. The van der Waals surface area contributed by atoms with E-state index in [1.807, 2.05) is 19.2 Å². The SMILES string of the molecule is C=C(C)c1ccsc1N=CC. The summed E-state index contributed by atoms with van der Waals surface area (Å²) in [4.78, 5) is 4.22. The van der Waals surface area contributed by atoms with Gasteiger partial charge in [0.25, 0.3) is 0 Å². The highest BCUT2D eigenvalue weighted by Gasteiger charge is 2.00. The molecule has 1 aromatic rings. The van der Waals surface area contributed by atoms with E-state index in [1.165, 1.54) is 0 Å². The van der Waals surface area contributed by atoms with E-state index in [9.17, 15) is 0 Å². The molecule has 0 saturated carbocycles. The van der Waals surface area contributed by atoms with Gasteiger partial charge < -0.3 is 0 Å². The van der Waals surface area contributed by atoms with Crippen LogP contribution in [0.1, 0.15) is 19.4 Å². The van der Waals surface area contributed by atoms with E-state index in [0.29, 0.717) is 0 Å². The molecular formula is C9H11NS. The van der Waals surface area contributed by atoms with Gasteiger partial charge in [0.05, 0.1) is 0 Å². The molecule has 2 heteroatoms. The van der Waals surface area contributed by atoms with Crippen molar-refractivity contribution in [1.29, 1.82) is 0 Å². The van der Waals surface area contributed by atoms with Gasteiger partial charge in [0.15, 0.2) is 0 Å². The highest BCUT2D eigenvalue weighted by atomic mass is 32.1. The van der Waals surface area contributed by atoms with Crippen molar-refractivity contribution in [2.24, 2.45) is 4.99 Å². The molecule has 0 fully saturated rings. The van der Waals surface area contributed by atoms with E-state index in [0.717, 1.165) is 16.1 Å². The number of nitrogens with zero attached hydrogens (tertiary/aromatic N) is 1. The van der Waals surface area contributed by atoms with E-state index in [2.05, 4.69) is 17.6 Å². The topological polar surface area (TPSA) is 12.4 Å². The van der Waals surface area contributed by atoms with Gasteiger partial charge >= 0.3 is 0 Å². The van der Waals surface area contributed by atoms with Crippen LogP contribution < -0.4 is 0 Å². The number of allylic oxidation sites excluding steroid dienone is 1. The molecule has 0 radical (unpaired) electrons. The van der Waals surface area contributed by atoms with Gasteiger partial charge in [-0.15, -0.1) is 11.3 Å². The molecule has 0 amide bonds. The normalized spacial score (nSPS) is 10.7. The van der Waals surface area contributed by atoms with E-state index in [1.54, 1.807) is 17.6 Å². The molecule has 1 heterocycles. The molecule has 1 nitrogen and oxygen atoms in total. The molecule has 0 aliphatic heterocycles. The Bertz CT molecular complexity index is 284. The van der Waals surface area contributed by atoms with Crippen molar-refractivity contribution in [2.45, 2.75) is 13.8 Å². The summed E-state index contributed by atoms with van der Waals surface area (Å²) >= 11 is 1.64. The standard InChI is InChI=1S/C9H11NS/c1-4-10-9-8(7(2)3)5-6-11-9/h4-6H,2H2,1,3H3. The molecule has 0 N–H and O–H groups in total. The van der Waals surface area contributed by atoms with Crippen molar-refractivity contribution >= 4 is 28.1 Å². The second-order valence-corrected chi connectivity index (χ2v) is 3.20. The Morgan fingerprint density at radius 2 is 2.45 bits per heavy atom. The summed E-state index contributed by atoms with van der Waals surface area (Å²) in [6.45, 7) is 7.79. The highest BCUT2D eigenvalue weighted by molar-refractivity contribution is 7.14. The Kier molecular flexibility index (Phi) is 2.60. The first kappa shape index (κ1) is 8.21. The Labute approximate surface area is 71.1 Å². The molecule has 0 aromatic carbocycles. The van der Waals surface area contributed by atoms with Gasteiger partial charge in [-0.1, -0.05) is 6.58 Å². The third kappa shape index (κ3) is 1.77. The van der Waals surface area contributed by atoms with E-state index in [-0.39, 0.29) is 0 Å². The van der Waals surface area contributed by atoms with Crippen molar-refractivity contribution in [3.63, 3.8) is 0 Å². The summed E-state index contributed by atoms with van der Waals surface area (Å²) in [6, 6.07) is 2.05. The number of hydrogen-bond acceptors (Lipinski definition) is 2. The van der Waals surface area contributed by atoms with Gasteiger partial charge in [0, 0.05) is 11.8 Å². The molecular weight excluding hydrogens is 154 g/mol. The Balaban J connectivity index is 3.05. The number of thiophene rings is 1. The maximum Gasteiger partial charge on any atom is 0.123 e. The van der Waals surface area contributed by atoms with Crippen LogP contribution in [0.2, 0.25) is 0 Å². The van der Waals surface area contributed by atoms with Crippen LogP contribution in [0, 0.1) is 0 Å². The average Bonchev–Trinajstić information content (AvgIpc) is 2.36. The predicted octanol–water partition coefficient (Wildman–Crippen LogP) is 3.50. The van der Waals surface area contributed by atoms with Crippen molar-refractivity contribution in [2.75, 3.05) is 0 Å². The van der Waals surface area contributed by atoms with Gasteiger partial charge in [-0.2, -0.15) is 0 Å². The van der Waals surface area contributed by atoms with Crippen LogP contribution in [0.3, 0.4) is 0 Å². The second kappa shape index (κ2) is 3.49. The van der Waals surface area contributed by atoms with Crippen LogP contribution in [0.5, 0.6) is 0 Å². The molecule has 0 atom stereocenters. The van der Waals surface area contributed by atoms with Crippen molar-refractivity contribution in [3.8, 4) is 0 Å². The van der Waals surface area contributed by atoms with Gasteiger partial charge in [-0.05, 0) is 30.9 Å². The lowest BCUT2D eigenvalue weighted by molar-refractivity contribution is 1.57. The lowest BCUT2D eigenvalue weighted by atomic mass is 10.2. The molecule has 11 heavy (non-hydrogen) atoms. The van der Waals surface area contributed by atoms with Gasteiger partial charge in [-0.3, -0.25) is 4.99 Å². The lowest BCUT2D eigenvalue weighted by Crippen LogP contribution is -1.70. The van der Waals surface area contributed by atoms with E-state index < -0.39 is 0 Å². The maximum absolute atomic E-state index is 4.22. The van der Waals surface area contributed by atoms with Crippen LogP contribution in [-0.4, -0.2) is 6.21 Å². The van der Waals surface area contributed by atoms with Crippen LogP contribution in [0.25, 0.3) is 5.57 Å². The number of hydrogen-bond donors (Lipinski definition) is 0. The van der Waals surface area contributed by atoms with E-state index >= 15 is 0 Å². The summed E-state index contributed by atoms with van der Waals surface area (Å²) in [5, 5.41) is 3.09. The molecule has 0 bridgehead atoms. The molecule has 58 valence electrons. The zero-order valence-electron chi connectivity index (χ0n) is 6.79. The number of rotatable bonds is 2. The minimum absolute atomic E-state index is 1.06. The molecule has 0 saturated heterocycles. The van der Waals surface area contributed by atoms with Gasteiger partial charge in [-0.25, -0.2) is 0 Å². The highest BCUT2D eigenvalue weighted by Crippen LogP contribution is 2.30. The number of aliphatic imine (C=N–C) groups is 1. The smallest absolute Gasteiger partial charge is 0.123 e. The van der Waals surface area contributed by atoms with Crippen molar-refractivity contribution in [1.82, 2.24) is 0 Å². The van der Waals surface area contributed by atoms with Gasteiger partial charge in [0.1, 0.15) is 5.00 Å². The third-order valence-corrected chi connectivity index (χ3v) is 2.17. The largest absolute Gasteiger partial charge is 0.250 e. The molecule has 0 aliphatic rings. The monoisotopic (exact) mass is 165 g/mol. The van der Waals surface area contributed by atoms with Crippen molar-refractivity contribution < 1.29 is 0 Å². The van der Waals surface area contributed by atoms with Gasteiger partial charge in [0.2, 0.25) is 0 Å². The van der Waals surface area contributed by atoms with Crippen LogP contribution in [0.4, 0.5) is 5.00 Å². The maximum atomic E-state index is 4.22. The third-order valence-electron chi connectivity index (χ3n) is 1.35. The van der Waals surface area contributed by atoms with Crippen LogP contribution in [-0.2, 0) is 0 Å². The predicted molar refractivity (Wildman–Crippen MR) is 52.9 cm³/mol. The Morgan fingerprint density at radius 3 is 3.00 bits per heavy atom. The minimum Gasteiger partial charge on any atom is -0.250 e. The van der Waals surface area contributed by atoms with Crippen LogP contribution in [0.15, 0.2) is 23.0 Å². The quantitative estimate of drug-likeness (QED) is 0.595. The Hall–Kier alpha value is -0.890. The zero-order valence-corrected chi connectivity index (χ0v) is 7.61. The zero-order chi connectivity index (χ0) is 8.27. The fourth-order valence-corrected chi connectivity index (χ4v) is 1.71. The summed E-state index contributed by atoms with van der Waals surface area (Å²) in [5.41, 5.74) is 2.24. The fourth-order valence-electron chi connectivity index (χ4n) is 0.843. The first-order valence-electron chi connectivity index (χ1n) is 3.47. The minimum atomic E-state index is 1.06. The summed E-state index contributed by atoms with van der Waals surface area (Å²) in [6.07, 6.45) is 1.80. The fraction of sp³-hybridized carbons (Fsp3) is 0.222. The van der Waals surface area contributed by atoms with E-state index in [4.69, 9.17) is 0 Å². The second-order valence-electron chi connectivity index (χ2n) is 2.31. The molecule has 1 rings (SSSR count). The van der Waals surface area contributed by atoms with Crippen molar-refractivity contribution in [3.05, 3.63) is 23.6 Å². The first-order chi connectivity index (χ1) is 5.25. The average molecular weight is 165 g/mol. The molecule has 0 aliphatic carbocycles. The van der Waals surface area contributed by atoms with Crippen LogP contribution >= 0.6 is 11.3 Å².